The highest BCUT2D eigenvalue weighted by Crippen LogP contribution is 2.39. The third kappa shape index (κ3) is 1.89. The minimum Gasteiger partial charge on any atom is -0.386 e. The van der Waals surface area contributed by atoms with Crippen LogP contribution in [0, 0.1) is 0 Å². The van der Waals surface area contributed by atoms with Gasteiger partial charge in [0.05, 0.1) is 11.1 Å². The van der Waals surface area contributed by atoms with Crippen molar-refractivity contribution >= 4 is 44.9 Å². The van der Waals surface area contributed by atoms with E-state index in [0.29, 0.717) is 22.3 Å². The Labute approximate surface area is 144 Å². The molecule has 0 aliphatic carbocycles. The molecule has 0 fully saturated rings. The van der Waals surface area contributed by atoms with Crippen molar-refractivity contribution in [3.05, 3.63) is 72.1 Å². The third-order valence-corrected chi connectivity index (χ3v) is 4.56. The minimum absolute atomic E-state index is 0. The SMILES string of the molecule is O=C1OC(=O)C(c2c[nH]c3ccccc23)=C1c1c[nH]c2ccccc12.[HH].[HH]. The molecule has 1 aliphatic heterocycles. The van der Waals surface area contributed by atoms with E-state index in [-0.39, 0.29) is 2.85 Å². The van der Waals surface area contributed by atoms with Gasteiger partial charge in [0, 0.05) is 48.2 Å². The van der Waals surface area contributed by atoms with E-state index in [9.17, 15) is 9.59 Å². The number of rotatable bonds is 2. The first-order valence-electron chi connectivity index (χ1n) is 7.88. The van der Waals surface area contributed by atoms with E-state index in [4.69, 9.17) is 4.74 Å². The summed E-state index contributed by atoms with van der Waals surface area (Å²) in [6.45, 7) is 0. The number of cyclic esters (lactones) is 2. The maximum absolute atomic E-state index is 12.4. The number of ether oxygens (including phenoxy) is 1. The molecule has 5 heteroatoms. The fourth-order valence-corrected chi connectivity index (χ4v) is 3.44. The number of benzene rings is 2. The number of fused-ring (bicyclic) bond motifs is 2. The van der Waals surface area contributed by atoms with Gasteiger partial charge in [0.2, 0.25) is 0 Å². The molecule has 1 aliphatic rings. The van der Waals surface area contributed by atoms with Crippen molar-refractivity contribution in [2.45, 2.75) is 0 Å². The Bertz CT molecular complexity index is 1130. The summed E-state index contributed by atoms with van der Waals surface area (Å²) < 4.78 is 4.95. The molecule has 0 saturated heterocycles. The van der Waals surface area contributed by atoms with Crippen LogP contribution in [0.5, 0.6) is 0 Å². The fourth-order valence-electron chi connectivity index (χ4n) is 3.44. The van der Waals surface area contributed by atoms with E-state index >= 15 is 0 Å². The number of hydrogen-bond donors (Lipinski definition) is 2. The monoisotopic (exact) mass is 332 g/mol. The van der Waals surface area contributed by atoms with Gasteiger partial charge in [-0.05, 0) is 12.1 Å². The molecule has 0 unspecified atom stereocenters. The van der Waals surface area contributed by atoms with E-state index in [1.807, 2.05) is 48.5 Å². The Hall–Kier alpha value is -3.60. The van der Waals surface area contributed by atoms with Gasteiger partial charge in [-0.3, -0.25) is 0 Å². The average Bonchev–Trinajstić information content (AvgIpc) is 3.30. The van der Waals surface area contributed by atoms with Crippen LogP contribution < -0.4 is 0 Å². The summed E-state index contributed by atoms with van der Waals surface area (Å²) >= 11 is 0. The van der Waals surface area contributed by atoms with Crippen LogP contribution in [0.25, 0.3) is 33.0 Å². The van der Waals surface area contributed by atoms with Gasteiger partial charge in [-0.25, -0.2) is 9.59 Å². The summed E-state index contributed by atoms with van der Waals surface area (Å²) in [6, 6.07) is 15.3. The van der Waals surface area contributed by atoms with Crippen molar-refractivity contribution in [3.8, 4) is 0 Å². The lowest BCUT2D eigenvalue weighted by Crippen LogP contribution is -2.01. The van der Waals surface area contributed by atoms with E-state index in [2.05, 4.69) is 9.97 Å². The maximum atomic E-state index is 12.4. The molecular weight excluding hydrogens is 316 g/mol. The number of H-pyrrole nitrogens is 2. The number of carbonyl (C=O) groups excluding carboxylic acids is 2. The quantitative estimate of drug-likeness (QED) is 0.428. The molecule has 4 aromatic rings. The van der Waals surface area contributed by atoms with Crippen LogP contribution in [0.2, 0.25) is 0 Å². The maximum Gasteiger partial charge on any atom is 0.347 e. The predicted molar refractivity (Wildman–Crippen MR) is 98.7 cm³/mol. The van der Waals surface area contributed by atoms with E-state index in [0.717, 1.165) is 21.8 Å². The largest absolute Gasteiger partial charge is 0.386 e. The second-order valence-corrected chi connectivity index (χ2v) is 5.92. The molecule has 5 nitrogen and oxygen atoms in total. The molecule has 0 atom stereocenters. The molecule has 0 radical (unpaired) electrons. The van der Waals surface area contributed by atoms with Crippen LogP contribution in [-0.2, 0) is 14.3 Å². The molecule has 3 heterocycles. The number of para-hydroxylation sites is 2. The van der Waals surface area contributed by atoms with Crippen molar-refractivity contribution < 1.29 is 17.2 Å². The van der Waals surface area contributed by atoms with Gasteiger partial charge < -0.3 is 14.7 Å². The molecule has 2 aromatic heterocycles. The van der Waals surface area contributed by atoms with Crippen LogP contribution in [0.4, 0.5) is 0 Å². The fraction of sp³-hybridized carbons (Fsp3) is 0. The lowest BCUT2D eigenvalue weighted by molar-refractivity contribution is -0.149. The lowest BCUT2D eigenvalue weighted by Gasteiger charge is -2.01. The zero-order valence-corrected chi connectivity index (χ0v) is 13.0. The Kier molecular flexibility index (Phi) is 2.73. The first kappa shape index (κ1) is 13.8. The van der Waals surface area contributed by atoms with E-state index < -0.39 is 11.9 Å². The van der Waals surface area contributed by atoms with Crippen molar-refractivity contribution in [3.63, 3.8) is 0 Å². The van der Waals surface area contributed by atoms with Crippen molar-refractivity contribution in [1.82, 2.24) is 9.97 Å². The zero-order chi connectivity index (χ0) is 17.0. The van der Waals surface area contributed by atoms with Gasteiger partial charge >= 0.3 is 11.9 Å². The van der Waals surface area contributed by atoms with Gasteiger partial charge in [0.15, 0.2) is 0 Å². The number of esters is 2. The number of aromatic nitrogens is 2. The number of hydrogen-bond acceptors (Lipinski definition) is 3. The molecular formula is C20H16N2O3. The number of nitrogens with one attached hydrogen (secondary N) is 2. The van der Waals surface area contributed by atoms with Gasteiger partial charge in [0.25, 0.3) is 0 Å². The Morgan fingerprint density at radius 2 is 1.12 bits per heavy atom. The first-order chi connectivity index (χ1) is 12.2. The summed E-state index contributed by atoms with van der Waals surface area (Å²) in [5.41, 5.74) is 3.74. The van der Waals surface area contributed by atoms with Gasteiger partial charge in [-0.15, -0.1) is 0 Å². The molecule has 0 saturated carbocycles. The number of aromatic amines is 2. The summed E-state index contributed by atoms with van der Waals surface area (Å²) in [4.78, 5) is 31.2. The minimum atomic E-state index is -0.616. The van der Waals surface area contributed by atoms with Crippen LogP contribution in [0.3, 0.4) is 0 Å². The lowest BCUT2D eigenvalue weighted by atomic mass is 9.95. The van der Waals surface area contributed by atoms with Crippen LogP contribution >= 0.6 is 0 Å². The highest BCUT2D eigenvalue weighted by Gasteiger charge is 2.37. The molecule has 0 bridgehead atoms. The van der Waals surface area contributed by atoms with Crippen LogP contribution in [0.1, 0.15) is 14.0 Å². The summed E-state index contributed by atoms with van der Waals surface area (Å²) in [6.07, 6.45) is 3.49. The predicted octanol–water partition coefficient (Wildman–Crippen LogP) is 4.14. The van der Waals surface area contributed by atoms with Crippen molar-refractivity contribution in [1.29, 1.82) is 0 Å². The van der Waals surface area contributed by atoms with Crippen molar-refractivity contribution in [2.24, 2.45) is 0 Å². The second-order valence-electron chi connectivity index (χ2n) is 5.92. The summed E-state index contributed by atoms with van der Waals surface area (Å²) in [7, 11) is 0. The molecule has 25 heavy (non-hydrogen) atoms. The normalized spacial score (nSPS) is 14.7. The van der Waals surface area contributed by atoms with Gasteiger partial charge in [-0.1, -0.05) is 36.4 Å². The van der Waals surface area contributed by atoms with Crippen molar-refractivity contribution in [2.75, 3.05) is 0 Å². The van der Waals surface area contributed by atoms with Crippen LogP contribution in [0.15, 0.2) is 60.9 Å². The second kappa shape index (κ2) is 4.95. The highest BCUT2D eigenvalue weighted by molar-refractivity contribution is 6.46. The Morgan fingerprint density at radius 3 is 1.60 bits per heavy atom. The van der Waals surface area contributed by atoms with Gasteiger partial charge in [-0.2, -0.15) is 0 Å². The third-order valence-electron chi connectivity index (χ3n) is 4.56. The Balaban J connectivity index is 0.00000105. The molecule has 2 aromatic carbocycles. The molecule has 0 spiro atoms. The highest BCUT2D eigenvalue weighted by atomic mass is 16.6. The smallest absolute Gasteiger partial charge is 0.347 e. The average molecular weight is 332 g/mol. The molecule has 5 rings (SSSR count). The zero-order valence-electron chi connectivity index (χ0n) is 13.0. The number of carbonyl (C=O) groups is 2. The molecule has 2 N–H and O–H groups in total. The van der Waals surface area contributed by atoms with E-state index in [1.165, 1.54) is 0 Å². The topological polar surface area (TPSA) is 75.0 Å². The summed E-state index contributed by atoms with van der Waals surface area (Å²) in [5.74, 6) is -1.23. The Morgan fingerprint density at radius 1 is 0.680 bits per heavy atom. The van der Waals surface area contributed by atoms with Crippen LogP contribution in [-0.4, -0.2) is 21.9 Å². The standard InChI is InChI=1S/C20H12N2O3.2H2/c23-19-17(13-9-21-15-7-3-1-5-11(13)15)18(20(24)25-19)14-10-22-16-8-4-2-6-12(14)16;;/h1-10,21-22H;2*1H. The molecule has 0 amide bonds. The van der Waals surface area contributed by atoms with Gasteiger partial charge in [0.1, 0.15) is 0 Å². The summed E-state index contributed by atoms with van der Waals surface area (Å²) in [5, 5.41) is 1.75. The first-order valence-corrected chi connectivity index (χ1v) is 7.88. The van der Waals surface area contributed by atoms with E-state index in [1.54, 1.807) is 12.4 Å². The molecule has 124 valence electrons.